The highest BCUT2D eigenvalue weighted by molar-refractivity contribution is 14.1. The predicted octanol–water partition coefficient (Wildman–Crippen LogP) is 1.89. The lowest BCUT2D eigenvalue weighted by Crippen LogP contribution is -2.21. The van der Waals surface area contributed by atoms with E-state index in [1.165, 1.54) is 7.05 Å². The summed E-state index contributed by atoms with van der Waals surface area (Å²) in [4.78, 5) is 21.2. The van der Waals surface area contributed by atoms with Crippen molar-refractivity contribution in [2.24, 2.45) is 0 Å². The number of hydrogen-bond acceptors (Lipinski definition) is 4. The zero-order chi connectivity index (χ0) is 13.7. The van der Waals surface area contributed by atoms with Gasteiger partial charge >= 0.3 is 0 Å². The fourth-order valence-electron chi connectivity index (χ4n) is 1.26. The van der Waals surface area contributed by atoms with Crippen molar-refractivity contribution < 1.29 is 14.1 Å². The molecule has 0 aliphatic rings. The molecule has 98 valence electrons. The van der Waals surface area contributed by atoms with E-state index in [-0.39, 0.29) is 33.8 Å². The normalized spacial score (nSPS) is 9.94. The first-order chi connectivity index (χ1) is 8.45. The lowest BCUT2D eigenvalue weighted by atomic mass is 10.2. The van der Waals surface area contributed by atoms with Crippen LogP contribution in [-0.2, 0) is 4.79 Å². The van der Waals surface area contributed by atoms with Crippen molar-refractivity contribution in [1.29, 1.82) is 0 Å². The van der Waals surface area contributed by atoms with Gasteiger partial charge in [-0.3, -0.25) is 14.9 Å². The molecule has 0 saturated heterocycles. The maximum atomic E-state index is 13.3. The number of carbonyl (C=O) groups excluding carboxylic acids is 1. The molecular formula is C10H11FIN3O3. The molecule has 0 atom stereocenters. The maximum absolute atomic E-state index is 13.3. The number of anilines is 1. The van der Waals surface area contributed by atoms with Gasteiger partial charge in [0.1, 0.15) is 11.5 Å². The molecule has 0 aromatic heterocycles. The third-order valence-electron chi connectivity index (χ3n) is 2.18. The average Bonchev–Trinajstić information content (AvgIpc) is 2.32. The molecule has 0 fully saturated rings. The van der Waals surface area contributed by atoms with Crippen LogP contribution in [0, 0.1) is 19.5 Å². The second-order valence-electron chi connectivity index (χ2n) is 3.39. The van der Waals surface area contributed by atoms with Crippen LogP contribution >= 0.6 is 22.6 Å². The molecule has 1 aromatic rings. The first-order valence-corrected chi connectivity index (χ1v) is 6.11. The van der Waals surface area contributed by atoms with E-state index in [9.17, 15) is 19.3 Å². The molecule has 8 heteroatoms. The van der Waals surface area contributed by atoms with E-state index in [1.807, 2.05) is 0 Å². The molecule has 0 spiro atoms. The van der Waals surface area contributed by atoms with Gasteiger partial charge in [-0.2, -0.15) is 0 Å². The number of nitrogens with one attached hydrogen (secondary N) is 2. The van der Waals surface area contributed by atoms with Gasteiger partial charge in [0.05, 0.1) is 8.49 Å². The Kier molecular flexibility index (Phi) is 5.25. The van der Waals surface area contributed by atoms with E-state index < -0.39 is 10.7 Å². The van der Waals surface area contributed by atoms with E-state index in [2.05, 4.69) is 10.6 Å². The summed E-state index contributed by atoms with van der Waals surface area (Å²) in [6.45, 7) is 0.195. The highest BCUT2D eigenvalue weighted by atomic mass is 127. The number of halogens is 2. The molecule has 0 heterocycles. The number of nitrogens with zero attached hydrogens (tertiary/aromatic N) is 1. The van der Waals surface area contributed by atoms with E-state index in [1.54, 1.807) is 22.6 Å². The molecule has 0 radical (unpaired) electrons. The summed E-state index contributed by atoms with van der Waals surface area (Å²) in [6.07, 6.45) is 0.154. The van der Waals surface area contributed by atoms with E-state index in [4.69, 9.17) is 0 Å². The maximum Gasteiger partial charge on any atom is 0.293 e. The van der Waals surface area contributed by atoms with Crippen molar-refractivity contribution in [1.82, 2.24) is 5.32 Å². The van der Waals surface area contributed by atoms with Crippen LogP contribution in [0.15, 0.2) is 12.1 Å². The van der Waals surface area contributed by atoms with Crippen molar-refractivity contribution in [2.75, 3.05) is 18.9 Å². The third kappa shape index (κ3) is 3.79. The molecule has 0 aliphatic carbocycles. The highest BCUT2D eigenvalue weighted by Crippen LogP contribution is 2.28. The number of benzene rings is 1. The number of nitro benzene ring substituents is 1. The van der Waals surface area contributed by atoms with Gasteiger partial charge in [-0.25, -0.2) is 4.39 Å². The van der Waals surface area contributed by atoms with Crippen LogP contribution in [0.2, 0.25) is 0 Å². The zero-order valence-corrected chi connectivity index (χ0v) is 11.7. The summed E-state index contributed by atoms with van der Waals surface area (Å²) in [5.74, 6) is -0.736. The minimum atomic E-state index is -0.593. The van der Waals surface area contributed by atoms with Crippen LogP contribution in [0.25, 0.3) is 0 Å². The summed E-state index contributed by atoms with van der Waals surface area (Å²) in [5, 5.41) is 15.9. The van der Waals surface area contributed by atoms with Gasteiger partial charge in [-0.05, 0) is 22.6 Å². The third-order valence-corrected chi connectivity index (χ3v) is 3.01. The quantitative estimate of drug-likeness (QED) is 0.473. The smallest absolute Gasteiger partial charge is 0.293 e. The summed E-state index contributed by atoms with van der Waals surface area (Å²) >= 11 is 1.68. The SMILES string of the molecule is CNC(=O)CCNc1cc(F)c(I)cc1[N+](=O)[O-]. The molecular weight excluding hydrogens is 356 g/mol. The number of carbonyl (C=O) groups is 1. The Hall–Kier alpha value is -1.45. The molecule has 0 saturated carbocycles. The largest absolute Gasteiger partial charge is 0.379 e. The van der Waals surface area contributed by atoms with Gasteiger partial charge < -0.3 is 10.6 Å². The second kappa shape index (κ2) is 6.47. The zero-order valence-electron chi connectivity index (χ0n) is 9.50. The predicted molar refractivity (Wildman–Crippen MR) is 72.9 cm³/mol. The Morgan fingerprint density at radius 2 is 2.22 bits per heavy atom. The summed E-state index contributed by atoms with van der Waals surface area (Å²) in [5.41, 5.74) is -0.139. The van der Waals surface area contributed by atoms with Crippen molar-refractivity contribution in [3.63, 3.8) is 0 Å². The van der Waals surface area contributed by atoms with Crippen LogP contribution in [0.4, 0.5) is 15.8 Å². The van der Waals surface area contributed by atoms with Gasteiger partial charge in [-0.1, -0.05) is 0 Å². The lowest BCUT2D eigenvalue weighted by Gasteiger charge is -2.07. The Morgan fingerprint density at radius 3 is 2.78 bits per heavy atom. The van der Waals surface area contributed by atoms with E-state index >= 15 is 0 Å². The molecule has 0 bridgehead atoms. The number of nitro groups is 1. The summed E-state index contributed by atoms with van der Waals surface area (Å²) < 4.78 is 13.5. The topological polar surface area (TPSA) is 84.3 Å². The van der Waals surface area contributed by atoms with Crippen molar-refractivity contribution in [3.8, 4) is 0 Å². The first kappa shape index (κ1) is 14.6. The molecule has 2 N–H and O–H groups in total. The Balaban J connectivity index is 2.83. The van der Waals surface area contributed by atoms with Crippen LogP contribution in [-0.4, -0.2) is 24.4 Å². The van der Waals surface area contributed by atoms with Crippen LogP contribution in [0.3, 0.4) is 0 Å². The van der Waals surface area contributed by atoms with Crippen LogP contribution < -0.4 is 10.6 Å². The van der Waals surface area contributed by atoms with Crippen LogP contribution in [0.1, 0.15) is 6.42 Å². The first-order valence-electron chi connectivity index (χ1n) is 5.03. The van der Waals surface area contributed by atoms with E-state index in [0.29, 0.717) is 0 Å². The molecule has 1 aromatic carbocycles. The fraction of sp³-hybridized carbons (Fsp3) is 0.300. The van der Waals surface area contributed by atoms with E-state index in [0.717, 1.165) is 12.1 Å². The summed E-state index contributed by atoms with van der Waals surface area (Å²) in [7, 11) is 1.50. The van der Waals surface area contributed by atoms with Crippen molar-refractivity contribution in [3.05, 3.63) is 31.6 Å². The minimum Gasteiger partial charge on any atom is -0.379 e. The average molecular weight is 367 g/mol. The van der Waals surface area contributed by atoms with Crippen molar-refractivity contribution >= 4 is 39.9 Å². The number of hydrogen-bond donors (Lipinski definition) is 2. The fourth-order valence-corrected chi connectivity index (χ4v) is 1.72. The minimum absolute atomic E-state index is 0.0711. The second-order valence-corrected chi connectivity index (χ2v) is 4.55. The van der Waals surface area contributed by atoms with Gasteiger partial charge in [0.15, 0.2) is 0 Å². The summed E-state index contributed by atoms with van der Waals surface area (Å²) in [6, 6.07) is 2.21. The Labute approximate surface area is 116 Å². The molecule has 1 rings (SSSR count). The molecule has 1 amide bonds. The standard InChI is InChI=1S/C10H11FIN3O3/c1-13-10(16)2-3-14-8-4-6(11)7(12)5-9(8)15(17)18/h4-5,14H,2-3H2,1H3,(H,13,16). The highest BCUT2D eigenvalue weighted by Gasteiger charge is 2.17. The van der Waals surface area contributed by atoms with Gasteiger partial charge in [0, 0.05) is 32.1 Å². The Morgan fingerprint density at radius 1 is 1.56 bits per heavy atom. The van der Waals surface area contributed by atoms with Crippen molar-refractivity contribution in [2.45, 2.75) is 6.42 Å². The number of amides is 1. The molecule has 18 heavy (non-hydrogen) atoms. The van der Waals surface area contributed by atoms with Gasteiger partial charge in [0.2, 0.25) is 5.91 Å². The molecule has 6 nitrogen and oxygen atoms in total. The van der Waals surface area contributed by atoms with Gasteiger partial charge in [0.25, 0.3) is 5.69 Å². The molecule has 0 unspecified atom stereocenters. The van der Waals surface area contributed by atoms with Gasteiger partial charge in [-0.15, -0.1) is 0 Å². The van der Waals surface area contributed by atoms with Crippen LogP contribution in [0.5, 0.6) is 0 Å². The Bertz CT molecular complexity index is 482. The number of rotatable bonds is 5. The lowest BCUT2D eigenvalue weighted by molar-refractivity contribution is -0.384. The molecule has 0 aliphatic heterocycles. The monoisotopic (exact) mass is 367 g/mol.